The minimum atomic E-state index is -0.561. The van der Waals surface area contributed by atoms with Gasteiger partial charge in [-0.25, -0.2) is 0 Å². The average molecular weight is 285 g/mol. The number of nitrogens with one attached hydrogen (secondary N) is 2. The largest absolute Gasteiger partial charge is 0.352 e. The smallest absolute Gasteiger partial charge is 0.239 e. The molecule has 5 heteroatoms. The number of carbonyl (C=O) groups is 2. The van der Waals surface area contributed by atoms with E-state index in [1.54, 1.807) is 0 Å². The van der Waals surface area contributed by atoms with Crippen LogP contribution in [0.15, 0.2) is 0 Å². The quantitative estimate of drug-likeness (QED) is 0.569. The molecule has 2 atom stereocenters. The number of amides is 2. The number of hydrogen-bond acceptors (Lipinski definition) is 3. The molecule has 0 heterocycles. The predicted molar refractivity (Wildman–Crippen MR) is 82.2 cm³/mol. The van der Waals surface area contributed by atoms with Crippen molar-refractivity contribution >= 4 is 11.8 Å². The standard InChI is InChI=1S/C15H31N3O2/c1-5-7-9-12(8-6-2)18-13(19)10-17-15(20)14(16)11(3)4/h11-12,14H,5-10,16H2,1-4H3,(H,17,20)(H,18,19)/t12?,14-/m0/s1. The number of nitrogens with two attached hydrogens (primary N) is 1. The van der Waals surface area contributed by atoms with E-state index in [0.29, 0.717) is 0 Å². The lowest BCUT2D eigenvalue weighted by Crippen LogP contribution is -2.48. The van der Waals surface area contributed by atoms with E-state index in [0.717, 1.165) is 32.1 Å². The van der Waals surface area contributed by atoms with Crippen molar-refractivity contribution in [3.05, 3.63) is 0 Å². The number of rotatable bonds is 10. The molecule has 0 aliphatic rings. The van der Waals surface area contributed by atoms with Gasteiger partial charge in [-0.2, -0.15) is 0 Å². The molecule has 0 radical (unpaired) electrons. The van der Waals surface area contributed by atoms with Crippen molar-refractivity contribution in [3.63, 3.8) is 0 Å². The molecule has 1 unspecified atom stereocenters. The van der Waals surface area contributed by atoms with Crippen molar-refractivity contribution in [2.75, 3.05) is 6.54 Å². The Balaban J connectivity index is 4.09. The predicted octanol–water partition coefficient (Wildman–Crippen LogP) is 1.56. The van der Waals surface area contributed by atoms with E-state index in [4.69, 9.17) is 5.73 Å². The second kappa shape index (κ2) is 10.7. The summed E-state index contributed by atoms with van der Waals surface area (Å²) in [5.74, 6) is -0.338. The summed E-state index contributed by atoms with van der Waals surface area (Å²) in [7, 11) is 0. The molecule has 0 spiro atoms. The molecule has 0 saturated carbocycles. The van der Waals surface area contributed by atoms with Crippen molar-refractivity contribution in [3.8, 4) is 0 Å². The van der Waals surface area contributed by atoms with Gasteiger partial charge in [0, 0.05) is 6.04 Å². The molecule has 118 valence electrons. The zero-order valence-corrected chi connectivity index (χ0v) is 13.4. The van der Waals surface area contributed by atoms with E-state index >= 15 is 0 Å². The van der Waals surface area contributed by atoms with Crippen LogP contribution in [0.5, 0.6) is 0 Å². The second-order valence-corrected chi connectivity index (χ2v) is 5.68. The van der Waals surface area contributed by atoms with E-state index in [2.05, 4.69) is 24.5 Å². The van der Waals surface area contributed by atoms with Crippen molar-refractivity contribution in [2.24, 2.45) is 11.7 Å². The number of unbranched alkanes of at least 4 members (excludes halogenated alkanes) is 1. The van der Waals surface area contributed by atoms with E-state index in [-0.39, 0.29) is 30.3 Å². The van der Waals surface area contributed by atoms with E-state index in [1.807, 2.05) is 13.8 Å². The van der Waals surface area contributed by atoms with Crippen LogP contribution in [-0.4, -0.2) is 30.4 Å². The Morgan fingerprint density at radius 1 is 1.10 bits per heavy atom. The Kier molecular flexibility index (Phi) is 10.1. The second-order valence-electron chi connectivity index (χ2n) is 5.68. The third-order valence-electron chi connectivity index (χ3n) is 3.35. The molecule has 20 heavy (non-hydrogen) atoms. The fourth-order valence-corrected chi connectivity index (χ4v) is 1.95. The van der Waals surface area contributed by atoms with Gasteiger partial charge >= 0.3 is 0 Å². The first kappa shape index (κ1) is 18.9. The normalized spacial score (nSPS) is 13.9. The molecule has 0 aromatic rings. The lowest BCUT2D eigenvalue weighted by molar-refractivity contribution is -0.127. The molecule has 0 aromatic heterocycles. The molecular formula is C15H31N3O2. The summed E-state index contributed by atoms with van der Waals surface area (Å²) in [5.41, 5.74) is 5.72. The van der Waals surface area contributed by atoms with Gasteiger partial charge < -0.3 is 16.4 Å². The Hall–Kier alpha value is -1.10. The van der Waals surface area contributed by atoms with Gasteiger partial charge in [0.05, 0.1) is 12.6 Å². The van der Waals surface area contributed by atoms with Crippen LogP contribution >= 0.6 is 0 Å². The zero-order chi connectivity index (χ0) is 15.5. The van der Waals surface area contributed by atoms with Crippen LogP contribution in [0.2, 0.25) is 0 Å². The maximum absolute atomic E-state index is 11.8. The van der Waals surface area contributed by atoms with Gasteiger partial charge in [-0.3, -0.25) is 9.59 Å². The number of hydrogen-bond donors (Lipinski definition) is 3. The van der Waals surface area contributed by atoms with Gasteiger partial charge in [-0.15, -0.1) is 0 Å². The summed E-state index contributed by atoms with van der Waals surface area (Å²) in [4.78, 5) is 23.5. The monoisotopic (exact) mass is 285 g/mol. The lowest BCUT2D eigenvalue weighted by Gasteiger charge is -2.19. The van der Waals surface area contributed by atoms with Crippen molar-refractivity contribution in [1.29, 1.82) is 0 Å². The highest BCUT2D eigenvalue weighted by Gasteiger charge is 2.18. The highest BCUT2D eigenvalue weighted by Crippen LogP contribution is 2.06. The Morgan fingerprint density at radius 2 is 1.75 bits per heavy atom. The van der Waals surface area contributed by atoms with Crippen LogP contribution in [-0.2, 0) is 9.59 Å². The molecular weight excluding hydrogens is 254 g/mol. The molecule has 0 aliphatic heterocycles. The summed E-state index contributed by atoms with van der Waals surface area (Å²) in [6, 6.07) is -0.350. The first-order valence-corrected chi connectivity index (χ1v) is 7.74. The van der Waals surface area contributed by atoms with Crippen LogP contribution in [0.1, 0.15) is 59.8 Å². The maximum Gasteiger partial charge on any atom is 0.239 e. The summed E-state index contributed by atoms with van der Waals surface area (Å²) >= 11 is 0. The van der Waals surface area contributed by atoms with Gasteiger partial charge in [-0.05, 0) is 18.8 Å². The third-order valence-corrected chi connectivity index (χ3v) is 3.35. The molecule has 0 bridgehead atoms. The van der Waals surface area contributed by atoms with Crippen molar-refractivity contribution in [1.82, 2.24) is 10.6 Å². The van der Waals surface area contributed by atoms with Gasteiger partial charge in [-0.1, -0.05) is 47.0 Å². The minimum absolute atomic E-state index is 0.00555. The first-order chi connectivity index (χ1) is 9.42. The van der Waals surface area contributed by atoms with Gasteiger partial charge in [0.25, 0.3) is 0 Å². The van der Waals surface area contributed by atoms with Crippen molar-refractivity contribution < 1.29 is 9.59 Å². The Morgan fingerprint density at radius 3 is 2.25 bits per heavy atom. The molecule has 0 aliphatic carbocycles. The maximum atomic E-state index is 11.8. The minimum Gasteiger partial charge on any atom is -0.352 e. The lowest BCUT2D eigenvalue weighted by atomic mass is 10.0. The van der Waals surface area contributed by atoms with Crippen LogP contribution in [0, 0.1) is 5.92 Å². The number of carbonyl (C=O) groups excluding carboxylic acids is 2. The van der Waals surface area contributed by atoms with E-state index in [1.165, 1.54) is 0 Å². The summed E-state index contributed by atoms with van der Waals surface area (Å²) in [6.45, 7) is 8.01. The Labute approximate surface area is 123 Å². The van der Waals surface area contributed by atoms with Gasteiger partial charge in [0.2, 0.25) is 11.8 Å². The van der Waals surface area contributed by atoms with Gasteiger partial charge in [0.1, 0.15) is 0 Å². The van der Waals surface area contributed by atoms with Crippen LogP contribution in [0.25, 0.3) is 0 Å². The molecule has 4 N–H and O–H groups in total. The van der Waals surface area contributed by atoms with Gasteiger partial charge in [0.15, 0.2) is 0 Å². The van der Waals surface area contributed by atoms with E-state index < -0.39 is 6.04 Å². The topological polar surface area (TPSA) is 84.2 Å². The molecule has 0 fully saturated rings. The van der Waals surface area contributed by atoms with Crippen molar-refractivity contribution in [2.45, 2.75) is 71.9 Å². The van der Waals surface area contributed by atoms with Crippen LogP contribution in [0.4, 0.5) is 0 Å². The highest BCUT2D eigenvalue weighted by atomic mass is 16.2. The molecule has 2 amide bonds. The highest BCUT2D eigenvalue weighted by molar-refractivity contribution is 5.87. The summed E-state index contributed by atoms with van der Waals surface area (Å²) in [5, 5.41) is 5.57. The molecule has 0 saturated heterocycles. The fourth-order valence-electron chi connectivity index (χ4n) is 1.95. The molecule has 5 nitrogen and oxygen atoms in total. The average Bonchev–Trinajstić information content (AvgIpc) is 2.41. The molecule has 0 rings (SSSR count). The SMILES string of the molecule is CCCCC(CCC)NC(=O)CNC(=O)[C@@H](N)C(C)C. The first-order valence-electron chi connectivity index (χ1n) is 7.74. The zero-order valence-electron chi connectivity index (χ0n) is 13.4. The van der Waals surface area contributed by atoms with Crippen LogP contribution in [0.3, 0.4) is 0 Å². The van der Waals surface area contributed by atoms with E-state index in [9.17, 15) is 9.59 Å². The summed E-state index contributed by atoms with van der Waals surface area (Å²) in [6.07, 6.45) is 5.24. The van der Waals surface area contributed by atoms with Crippen LogP contribution < -0.4 is 16.4 Å². The third kappa shape index (κ3) is 8.15. The fraction of sp³-hybridized carbons (Fsp3) is 0.867. The Bertz CT molecular complexity index is 293. The summed E-state index contributed by atoms with van der Waals surface area (Å²) < 4.78 is 0. The molecule has 0 aromatic carbocycles.